The van der Waals surface area contributed by atoms with Gasteiger partial charge in [0.1, 0.15) is 5.60 Å². The number of aromatic nitrogens is 2. The maximum Gasteiger partial charge on any atom is 0.230 e. The Morgan fingerprint density at radius 3 is 2.93 bits per heavy atom. The largest absolute Gasteiger partial charge is 0.360 e. The van der Waals surface area contributed by atoms with E-state index in [4.69, 9.17) is 4.74 Å². The van der Waals surface area contributed by atoms with Crippen LogP contribution >= 0.6 is 0 Å². The topological polar surface area (TPSA) is 78.5 Å². The predicted molar refractivity (Wildman–Crippen MR) is 99.7 cm³/mol. The summed E-state index contributed by atoms with van der Waals surface area (Å²) in [6, 6.07) is 0. The Bertz CT molecular complexity index is 767. The molecule has 3 aliphatic heterocycles. The van der Waals surface area contributed by atoms with E-state index in [1.807, 2.05) is 23.2 Å². The van der Waals surface area contributed by atoms with E-state index in [-0.39, 0.29) is 23.3 Å². The molecule has 1 N–H and O–H groups in total. The number of rotatable bonds is 5. The number of H-pyrrole nitrogens is 1. The summed E-state index contributed by atoms with van der Waals surface area (Å²) in [4.78, 5) is 30.0. The van der Waals surface area contributed by atoms with Crippen molar-refractivity contribution in [1.82, 2.24) is 20.0 Å². The third-order valence-corrected chi connectivity index (χ3v) is 5.80. The van der Waals surface area contributed by atoms with Gasteiger partial charge in [-0.25, -0.2) is 0 Å². The Kier molecular flexibility index (Phi) is 4.18. The van der Waals surface area contributed by atoms with Gasteiger partial charge in [-0.05, 0) is 17.4 Å². The lowest BCUT2D eigenvalue weighted by molar-refractivity contribution is -0.142. The Balaban J connectivity index is 1.49. The van der Waals surface area contributed by atoms with Gasteiger partial charge in [-0.3, -0.25) is 14.7 Å². The van der Waals surface area contributed by atoms with Crippen LogP contribution in [-0.2, 0) is 20.7 Å². The molecule has 1 aromatic heterocycles. The first-order valence-electron chi connectivity index (χ1n) is 9.59. The van der Waals surface area contributed by atoms with Crippen LogP contribution in [0.4, 0.5) is 0 Å². The van der Waals surface area contributed by atoms with Gasteiger partial charge in [0.15, 0.2) is 0 Å². The molecular weight excluding hydrogens is 344 g/mol. The molecule has 3 aliphatic rings. The highest BCUT2D eigenvalue weighted by Crippen LogP contribution is 2.52. The number of likely N-dealkylation sites (N-methyl/N-ethyl adjacent to an activating group) is 1. The van der Waals surface area contributed by atoms with Crippen LogP contribution < -0.4 is 0 Å². The van der Waals surface area contributed by atoms with Gasteiger partial charge < -0.3 is 14.5 Å². The van der Waals surface area contributed by atoms with Gasteiger partial charge in [-0.1, -0.05) is 32.9 Å². The van der Waals surface area contributed by atoms with Gasteiger partial charge in [0, 0.05) is 26.3 Å². The summed E-state index contributed by atoms with van der Waals surface area (Å²) in [5.74, 6) is -0.787. The van der Waals surface area contributed by atoms with E-state index < -0.39 is 17.4 Å². The van der Waals surface area contributed by atoms with Gasteiger partial charge >= 0.3 is 0 Å². The number of aromatic amines is 1. The van der Waals surface area contributed by atoms with Crippen molar-refractivity contribution in [3.63, 3.8) is 0 Å². The average molecular weight is 372 g/mol. The van der Waals surface area contributed by atoms with Gasteiger partial charge in [-0.2, -0.15) is 5.10 Å². The maximum absolute atomic E-state index is 13.2. The molecule has 2 saturated heterocycles. The third kappa shape index (κ3) is 3.08. The number of hydrogen-bond donors (Lipinski definition) is 1. The van der Waals surface area contributed by atoms with Crippen molar-refractivity contribution in [3.8, 4) is 0 Å². The number of ether oxygens (including phenoxy) is 1. The standard InChI is InChI=1S/C20H28N4O3/c1-19(2,3)11-24-12-20-7-5-14(27-20)15(16(20)18(24)26)17(25)23(4)8-6-13-9-21-22-10-13/h5,7,9-10,14-16H,6,8,11-12H2,1-4H3,(H,21,22)/t14-,15?,16?,20-/m1/s1. The summed E-state index contributed by atoms with van der Waals surface area (Å²) in [5, 5.41) is 6.72. The number of hydrogen-bond acceptors (Lipinski definition) is 4. The van der Waals surface area contributed by atoms with Gasteiger partial charge in [-0.15, -0.1) is 0 Å². The Morgan fingerprint density at radius 2 is 2.26 bits per heavy atom. The molecule has 146 valence electrons. The number of fused-ring (bicyclic) bond motifs is 1. The molecular formula is C20H28N4O3. The van der Waals surface area contributed by atoms with Crippen molar-refractivity contribution in [2.75, 3.05) is 26.7 Å². The molecule has 1 aromatic rings. The quantitative estimate of drug-likeness (QED) is 0.789. The van der Waals surface area contributed by atoms with Crippen molar-refractivity contribution < 1.29 is 14.3 Å². The minimum Gasteiger partial charge on any atom is -0.360 e. The first-order chi connectivity index (χ1) is 12.7. The number of carbonyl (C=O) groups excluding carboxylic acids is 2. The molecule has 1 spiro atoms. The number of nitrogens with one attached hydrogen (secondary N) is 1. The van der Waals surface area contributed by atoms with Crippen LogP contribution in [0.25, 0.3) is 0 Å². The maximum atomic E-state index is 13.2. The molecule has 2 bridgehead atoms. The Hall–Kier alpha value is -2.15. The molecule has 4 atom stereocenters. The Labute approximate surface area is 159 Å². The first-order valence-corrected chi connectivity index (χ1v) is 9.59. The summed E-state index contributed by atoms with van der Waals surface area (Å²) >= 11 is 0. The fourth-order valence-electron chi connectivity index (χ4n) is 4.64. The van der Waals surface area contributed by atoms with Crippen LogP contribution in [0.1, 0.15) is 26.3 Å². The van der Waals surface area contributed by atoms with Crippen LogP contribution in [0.3, 0.4) is 0 Å². The lowest BCUT2D eigenvalue weighted by Gasteiger charge is -2.29. The predicted octanol–water partition coefficient (Wildman–Crippen LogP) is 1.24. The highest BCUT2D eigenvalue weighted by Gasteiger charge is 2.67. The molecule has 4 rings (SSSR count). The van der Waals surface area contributed by atoms with E-state index in [1.54, 1.807) is 18.1 Å². The van der Waals surface area contributed by atoms with Crippen molar-refractivity contribution >= 4 is 11.8 Å². The summed E-state index contributed by atoms with van der Waals surface area (Å²) < 4.78 is 6.20. The van der Waals surface area contributed by atoms with Gasteiger partial charge in [0.05, 0.1) is 30.7 Å². The van der Waals surface area contributed by atoms with Crippen LogP contribution in [0.15, 0.2) is 24.5 Å². The second kappa shape index (κ2) is 6.19. The molecule has 0 radical (unpaired) electrons. The summed E-state index contributed by atoms with van der Waals surface area (Å²) in [5.41, 5.74) is 0.440. The second-order valence-electron chi connectivity index (χ2n) is 9.27. The van der Waals surface area contributed by atoms with E-state index in [1.165, 1.54) is 0 Å². The van der Waals surface area contributed by atoms with E-state index in [0.717, 1.165) is 12.0 Å². The zero-order valence-electron chi connectivity index (χ0n) is 16.4. The molecule has 2 fully saturated rings. The van der Waals surface area contributed by atoms with Crippen LogP contribution in [0.2, 0.25) is 0 Å². The number of amides is 2. The van der Waals surface area contributed by atoms with Crippen LogP contribution in [-0.4, -0.2) is 70.2 Å². The second-order valence-corrected chi connectivity index (χ2v) is 9.27. The minimum atomic E-state index is -0.626. The van der Waals surface area contributed by atoms with Crippen molar-refractivity contribution in [2.24, 2.45) is 17.3 Å². The highest BCUT2D eigenvalue weighted by atomic mass is 16.5. The van der Waals surface area contributed by atoms with E-state index in [9.17, 15) is 9.59 Å². The van der Waals surface area contributed by atoms with E-state index >= 15 is 0 Å². The van der Waals surface area contributed by atoms with E-state index in [0.29, 0.717) is 19.6 Å². The zero-order valence-corrected chi connectivity index (χ0v) is 16.4. The molecule has 7 heteroatoms. The molecule has 2 amide bonds. The number of carbonyl (C=O) groups is 2. The lowest BCUT2D eigenvalue weighted by Crippen LogP contribution is -2.45. The monoisotopic (exact) mass is 372 g/mol. The normalized spacial score (nSPS) is 31.6. The summed E-state index contributed by atoms with van der Waals surface area (Å²) in [6.45, 7) is 8.16. The molecule has 0 saturated carbocycles. The van der Waals surface area contributed by atoms with Crippen LogP contribution in [0.5, 0.6) is 0 Å². The third-order valence-electron chi connectivity index (χ3n) is 5.80. The fourth-order valence-corrected chi connectivity index (χ4v) is 4.64. The highest BCUT2D eigenvalue weighted by molar-refractivity contribution is 5.93. The molecule has 27 heavy (non-hydrogen) atoms. The van der Waals surface area contributed by atoms with Crippen LogP contribution in [0, 0.1) is 17.3 Å². The average Bonchev–Trinajstić information content (AvgIpc) is 3.33. The molecule has 7 nitrogen and oxygen atoms in total. The smallest absolute Gasteiger partial charge is 0.230 e. The van der Waals surface area contributed by atoms with Crippen molar-refractivity contribution in [2.45, 2.75) is 38.9 Å². The van der Waals surface area contributed by atoms with Gasteiger partial charge in [0.25, 0.3) is 0 Å². The van der Waals surface area contributed by atoms with Crippen molar-refractivity contribution in [3.05, 3.63) is 30.1 Å². The molecule has 0 aliphatic carbocycles. The van der Waals surface area contributed by atoms with E-state index in [2.05, 4.69) is 31.0 Å². The first kappa shape index (κ1) is 18.2. The van der Waals surface area contributed by atoms with Gasteiger partial charge in [0.2, 0.25) is 11.8 Å². The number of nitrogens with zero attached hydrogens (tertiary/aromatic N) is 3. The number of likely N-dealkylation sites (tertiary alicyclic amines) is 1. The Morgan fingerprint density at radius 1 is 1.48 bits per heavy atom. The fraction of sp³-hybridized carbons (Fsp3) is 0.650. The minimum absolute atomic E-state index is 0.00749. The SMILES string of the molecule is CN(CCc1cn[nH]c1)C(=O)C1C2C(=O)N(CC(C)(C)C)C[C@]23C=C[C@H]1O3. The molecule has 4 heterocycles. The lowest BCUT2D eigenvalue weighted by atomic mass is 9.76. The summed E-state index contributed by atoms with van der Waals surface area (Å²) in [6.07, 6.45) is 8.02. The molecule has 2 unspecified atom stereocenters. The zero-order chi connectivity index (χ0) is 19.4. The van der Waals surface area contributed by atoms with Crippen molar-refractivity contribution in [1.29, 1.82) is 0 Å². The summed E-state index contributed by atoms with van der Waals surface area (Å²) in [7, 11) is 1.80. The molecule has 0 aromatic carbocycles.